The van der Waals surface area contributed by atoms with Crippen LogP contribution in [0, 0.1) is 0 Å². The molecule has 0 aromatic rings. The molecule has 0 aromatic heterocycles. The van der Waals surface area contributed by atoms with Crippen LogP contribution in [-0.2, 0) is 4.74 Å². The van der Waals surface area contributed by atoms with Crippen molar-refractivity contribution in [1.29, 1.82) is 0 Å². The molecule has 0 aromatic carbocycles. The summed E-state index contributed by atoms with van der Waals surface area (Å²) in [5.74, 6) is 0. The van der Waals surface area contributed by atoms with Gasteiger partial charge in [0.1, 0.15) is 0 Å². The van der Waals surface area contributed by atoms with Crippen LogP contribution in [-0.4, -0.2) is 30.3 Å². The lowest BCUT2D eigenvalue weighted by Crippen LogP contribution is -2.52. The SMILES string of the molecule is N[C@@H]1CCC[C@@H]1N[C@@H]1CCCC[C@H]1OC1CCCC1. The summed E-state index contributed by atoms with van der Waals surface area (Å²) < 4.78 is 6.41. The minimum absolute atomic E-state index is 0.369. The molecule has 0 bridgehead atoms. The molecule has 0 heterocycles. The van der Waals surface area contributed by atoms with Crippen LogP contribution in [0.1, 0.15) is 70.6 Å². The van der Waals surface area contributed by atoms with Gasteiger partial charge in [-0.25, -0.2) is 0 Å². The van der Waals surface area contributed by atoms with Gasteiger partial charge in [-0.2, -0.15) is 0 Å². The van der Waals surface area contributed by atoms with E-state index >= 15 is 0 Å². The Morgan fingerprint density at radius 1 is 0.737 bits per heavy atom. The molecule has 3 N–H and O–H groups in total. The second-order valence-corrected chi connectivity index (χ2v) is 6.84. The molecule has 19 heavy (non-hydrogen) atoms. The zero-order chi connectivity index (χ0) is 13.1. The van der Waals surface area contributed by atoms with E-state index in [9.17, 15) is 0 Å². The molecule has 3 rings (SSSR count). The summed E-state index contributed by atoms with van der Waals surface area (Å²) in [5, 5.41) is 3.84. The van der Waals surface area contributed by atoms with Crippen LogP contribution < -0.4 is 11.1 Å². The first kappa shape index (κ1) is 13.8. The van der Waals surface area contributed by atoms with Crippen LogP contribution in [0.4, 0.5) is 0 Å². The molecule has 3 nitrogen and oxygen atoms in total. The minimum atomic E-state index is 0.369. The van der Waals surface area contributed by atoms with Crippen LogP contribution >= 0.6 is 0 Å². The first-order valence-electron chi connectivity index (χ1n) is 8.50. The standard InChI is InChI=1S/C16H30N2O/c17-13-8-5-10-14(13)18-15-9-3-4-11-16(15)19-12-6-1-2-7-12/h12-16,18H,1-11,17H2/t13-,14+,15-,16-/m1/s1. The van der Waals surface area contributed by atoms with Gasteiger partial charge in [0.05, 0.1) is 12.2 Å². The fraction of sp³-hybridized carbons (Fsp3) is 1.00. The van der Waals surface area contributed by atoms with Crippen molar-refractivity contribution in [2.24, 2.45) is 5.73 Å². The van der Waals surface area contributed by atoms with E-state index in [1.165, 1.54) is 70.6 Å². The number of hydrogen-bond donors (Lipinski definition) is 2. The maximum atomic E-state index is 6.41. The molecule has 3 saturated carbocycles. The quantitative estimate of drug-likeness (QED) is 0.822. The molecule has 0 saturated heterocycles. The summed E-state index contributed by atoms with van der Waals surface area (Å²) in [7, 11) is 0. The van der Waals surface area contributed by atoms with E-state index in [0.717, 1.165) is 0 Å². The molecule has 110 valence electrons. The molecule has 0 radical (unpaired) electrons. The van der Waals surface area contributed by atoms with Crippen molar-refractivity contribution in [3.05, 3.63) is 0 Å². The Kier molecular flexibility index (Phi) is 4.78. The maximum absolute atomic E-state index is 6.41. The number of rotatable bonds is 4. The van der Waals surface area contributed by atoms with E-state index in [2.05, 4.69) is 5.32 Å². The molecule has 0 amide bonds. The fourth-order valence-electron chi connectivity index (χ4n) is 4.19. The van der Waals surface area contributed by atoms with Crippen LogP contribution in [0.5, 0.6) is 0 Å². The normalized spacial score (nSPS) is 40.9. The summed E-state index contributed by atoms with van der Waals surface area (Å²) in [6.45, 7) is 0. The molecule has 0 aliphatic heterocycles. The van der Waals surface area contributed by atoms with Crippen LogP contribution in [0.15, 0.2) is 0 Å². The van der Waals surface area contributed by atoms with Gasteiger partial charge in [0.25, 0.3) is 0 Å². The minimum Gasteiger partial charge on any atom is -0.373 e. The molecule has 0 spiro atoms. The van der Waals surface area contributed by atoms with Gasteiger partial charge in [-0.15, -0.1) is 0 Å². The number of nitrogens with one attached hydrogen (secondary N) is 1. The molecule has 3 aliphatic carbocycles. The largest absolute Gasteiger partial charge is 0.373 e. The van der Waals surface area contributed by atoms with Gasteiger partial charge in [-0.3, -0.25) is 0 Å². The van der Waals surface area contributed by atoms with Gasteiger partial charge in [0.2, 0.25) is 0 Å². The van der Waals surface area contributed by atoms with Crippen molar-refractivity contribution in [2.75, 3.05) is 0 Å². The van der Waals surface area contributed by atoms with Gasteiger partial charge in [-0.1, -0.05) is 32.1 Å². The second kappa shape index (κ2) is 6.55. The molecule has 3 heteroatoms. The highest BCUT2D eigenvalue weighted by Gasteiger charge is 2.33. The Morgan fingerprint density at radius 3 is 2.16 bits per heavy atom. The summed E-state index contributed by atoms with van der Waals surface area (Å²) in [6, 6.07) is 1.47. The molecule has 3 aliphatic rings. The summed E-state index contributed by atoms with van der Waals surface area (Å²) in [6.07, 6.45) is 15.2. The molecular weight excluding hydrogens is 236 g/mol. The van der Waals surface area contributed by atoms with Crippen molar-refractivity contribution in [3.63, 3.8) is 0 Å². The van der Waals surface area contributed by atoms with Gasteiger partial charge in [0.15, 0.2) is 0 Å². The Balaban J connectivity index is 1.53. The zero-order valence-corrected chi connectivity index (χ0v) is 12.2. The molecule has 4 atom stereocenters. The third-order valence-corrected chi connectivity index (χ3v) is 5.37. The van der Waals surface area contributed by atoms with Crippen LogP contribution in [0.3, 0.4) is 0 Å². The molecular formula is C16H30N2O. The smallest absolute Gasteiger partial charge is 0.0731 e. The predicted molar refractivity (Wildman–Crippen MR) is 78.1 cm³/mol. The summed E-state index contributed by atoms with van der Waals surface area (Å²) in [5.41, 5.74) is 6.20. The second-order valence-electron chi connectivity index (χ2n) is 6.84. The first-order chi connectivity index (χ1) is 9.33. The molecule has 0 unspecified atom stereocenters. The Labute approximate surface area is 117 Å². The lowest BCUT2D eigenvalue weighted by atomic mass is 9.91. The van der Waals surface area contributed by atoms with E-state index in [1.807, 2.05) is 0 Å². The lowest BCUT2D eigenvalue weighted by molar-refractivity contribution is -0.0455. The summed E-state index contributed by atoms with van der Waals surface area (Å²) in [4.78, 5) is 0. The van der Waals surface area contributed by atoms with E-state index in [-0.39, 0.29) is 0 Å². The topological polar surface area (TPSA) is 47.3 Å². The number of hydrogen-bond acceptors (Lipinski definition) is 3. The summed E-state index contributed by atoms with van der Waals surface area (Å²) >= 11 is 0. The number of ether oxygens (including phenoxy) is 1. The fourth-order valence-corrected chi connectivity index (χ4v) is 4.19. The van der Waals surface area contributed by atoms with E-state index in [4.69, 9.17) is 10.5 Å². The van der Waals surface area contributed by atoms with Crippen molar-refractivity contribution >= 4 is 0 Å². The highest BCUT2D eigenvalue weighted by Crippen LogP contribution is 2.29. The van der Waals surface area contributed by atoms with Crippen molar-refractivity contribution in [1.82, 2.24) is 5.32 Å². The Bertz CT molecular complexity index is 278. The van der Waals surface area contributed by atoms with Gasteiger partial charge in [0, 0.05) is 18.1 Å². The third kappa shape index (κ3) is 3.50. The predicted octanol–water partition coefficient (Wildman–Crippen LogP) is 2.73. The number of nitrogens with two attached hydrogens (primary N) is 1. The Hall–Kier alpha value is -0.120. The van der Waals surface area contributed by atoms with Gasteiger partial charge < -0.3 is 15.8 Å². The van der Waals surface area contributed by atoms with E-state index in [0.29, 0.717) is 30.3 Å². The lowest BCUT2D eigenvalue weighted by Gasteiger charge is -2.36. The Morgan fingerprint density at radius 2 is 1.42 bits per heavy atom. The van der Waals surface area contributed by atoms with Crippen LogP contribution in [0.2, 0.25) is 0 Å². The van der Waals surface area contributed by atoms with Gasteiger partial charge in [-0.05, 0) is 38.5 Å². The molecule has 3 fully saturated rings. The average Bonchev–Trinajstić information content (AvgIpc) is 3.05. The zero-order valence-electron chi connectivity index (χ0n) is 12.2. The third-order valence-electron chi connectivity index (χ3n) is 5.37. The highest BCUT2D eigenvalue weighted by molar-refractivity contribution is 4.92. The van der Waals surface area contributed by atoms with Crippen LogP contribution in [0.25, 0.3) is 0 Å². The first-order valence-corrected chi connectivity index (χ1v) is 8.50. The van der Waals surface area contributed by atoms with E-state index in [1.54, 1.807) is 0 Å². The van der Waals surface area contributed by atoms with Crippen molar-refractivity contribution in [3.8, 4) is 0 Å². The van der Waals surface area contributed by atoms with Crippen molar-refractivity contribution < 1.29 is 4.74 Å². The monoisotopic (exact) mass is 266 g/mol. The van der Waals surface area contributed by atoms with Crippen molar-refractivity contribution in [2.45, 2.75) is 101 Å². The average molecular weight is 266 g/mol. The van der Waals surface area contributed by atoms with Gasteiger partial charge >= 0.3 is 0 Å². The highest BCUT2D eigenvalue weighted by atomic mass is 16.5. The van der Waals surface area contributed by atoms with E-state index < -0.39 is 0 Å². The maximum Gasteiger partial charge on any atom is 0.0731 e.